The fourth-order valence-corrected chi connectivity index (χ4v) is 1.18. The molecule has 0 saturated carbocycles. The van der Waals surface area contributed by atoms with Crippen LogP contribution in [-0.4, -0.2) is 0 Å². The van der Waals surface area contributed by atoms with Gasteiger partial charge in [0.25, 0.3) is 0 Å². The van der Waals surface area contributed by atoms with E-state index in [0.717, 1.165) is 0 Å². The van der Waals surface area contributed by atoms with E-state index in [1.165, 1.54) is 5.57 Å². The zero-order chi connectivity index (χ0) is 14.6. The molecule has 102 valence electrons. The molecule has 0 spiro atoms. The van der Waals surface area contributed by atoms with Crippen LogP contribution in [0.4, 0.5) is 0 Å². The van der Waals surface area contributed by atoms with Crippen molar-refractivity contribution in [3.8, 4) is 11.8 Å². The molecule has 0 saturated heterocycles. The molecule has 0 heteroatoms. The highest BCUT2D eigenvalue weighted by molar-refractivity contribution is 5.34. The van der Waals surface area contributed by atoms with E-state index in [9.17, 15) is 0 Å². The highest BCUT2D eigenvalue weighted by Gasteiger charge is 2.15. The normalized spacial score (nSPS) is 14.6. The molecule has 0 heterocycles. The highest BCUT2D eigenvalue weighted by atomic mass is 14.2. The zero-order valence-electron chi connectivity index (χ0n) is 13.7. The van der Waals surface area contributed by atoms with Gasteiger partial charge in [-0.15, -0.1) is 0 Å². The molecular weight excluding hydrogens is 216 g/mol. The monoisotopic (exact) mass is 246 g/mol. The molecule has 0 aromatic rings. The molecule has 0 amide bonds. The van der Waals surface area contributed by atoms with E-state index in [-0.39, 0.29) is 16.2 Å². The van der Waals surface area contributed by atoms with Gasteiger partial charge in [0.1, 0.15) is 0 Å². The summed E-state index contributed by atoms with van der Waals surface area (Å²) in [6.07, 6.45) is 6.54. The molecule has 0 radical (unpaired) electrons. The van der Waals surface area contributed by atoms with Gasteiger partial charge in [0.05, 0.1) is 0 Å². The lowest BCUT2D eigenvalue weighted by Crippen LogP contribution is -2.09. The largest absolute Gasteiger partial charge is 0.0926 e. The van der Waals surface area contributed by atoms with Crippen LogP contribution >= 0.6 is 0 Å². The van der Waals surface area contributed by atoms with Gasteiger partial charge in [0, 0.05) is 5.41 Å². The van der Waals surface area contributed by atoms with Crippen LogP contribution in [0.2, 0.25) is 0 Å². The average molecular weight is 246 g/mol. The van der Waals surface area contributed by atoms with Gasteiger partial charge in [0.15, 0.2) is 0 Å². The zero-order valence-corrected chi connectivity index (χ0v) is 13.7. The van der Waals surface area contributed by atoms with Gasteiger partial charge in [-0.05, 0) is 43.3 Å². The van der Waals surface area contributed by atoms with Crippen LogP contribution in [0.25, 0.3) is 0 Å². The van der Waals surface area contributed by atoms with Crippen LogP contribution in [0.15, 0.2) is 23.8 Å². The third-order valence-electron chi connectivity index (χ3n) is 2.30. The van der Waals surface area contributed by atoms with Crippen molar-refractivity contribution in [2.75, 3.05) is 0 Å². The predicted molar refractivity (Wildman–Crippen MR) is 83.4 cm³/mol. The molecule has 0 rings (SSSR count). The van der Waals surface area contributed by atoms with Gasteiger partial charge in [0.2, 0.25) is 0 Å². The number of hydrogen-bond donors (Lipinski definition) is 0. The first-order valence-electron chi connectivity index (χ1n) is 6.74. The maximum Gasteiger partial charge on any atom is 0.0233 e. The summed E-state index contributed by atoms with van der Waals surface area (Å²) >= 11 is 0. The first kappa shape index (κ1) is 17.0. The van der Waals surface area contributed by atoms with E-state index in [2.05, 4.69) is 92.4 Å². The van der Waals surface area contributed by atoms with Crippen LogP contribution in [0.3, 0.4) is 0 Å². The second-order valence-corrected chi connectivity index (χ2v) is 8.07. The van der Waals surface area contributed by atoms with Crippen molar-refractivity contribution in [1.82, 2.24) is 0 Å². The third kappa shape index (κ3) is 9.11. The van der Waals surface area contributed by atoms with E-state index >= 15 is 0 Å². The van der Waals surface area contributed by atoms with Crippen molar-refractivity contribution in [3.63, 3.8) is 0 Å². The summed E-state index contributed by atoms with van der Waals surface area (Å²) in [5, 5.41) is 0. The second kappa shape index (κ2) is 5.79. The smallest absolute Gasteiger partial charge is 0.0233 e. The Kier molecular flexibility index (Phi) is 5.48. The molecule has 0 aliphatic rings. The third-order valence-corrected chi connectivity index (χ3v) is 2.30. The molecule has 0 fully saturated rings. The Morgan fingerprint density at radius 1 is 0.833 bits per heavy atom. The maximum absolute atomic E-state index is 3.26. The van der Waals surface area contributed by atoms with Crippen LogP contribution in [-0.2, 0) is 0 Å². The molecule has 0 nitrogen and oxygen atoms in total. The summed E-state index contributed by atoms with van der Waals surface area (Å²) in [7, 11) is 0. The van der Waals surface area contributed by atoms with Gasteiger partial charge < -0.3 is 0 Å². The SMILES string of the molecule is CC(C)(C)C#C/C=C(/C=C/C(C)(C)C)C(C)(C)C. The van der Waals surface area contributed by atoms with Crippen LogP contribution in [0, 0.1) is 28.1 Å². The Morgan fingerprint density at radius 3 is 1.67 bits per heavy atom. The molecule has 0 bridgehead atoms. The number of hydrogen-bond acceptors (Lipinski definition) is 0. The molecule has 18 heavy (non-hydrogen) atoms. The van der Waals surface area contributed by atoms with Gasteiger partial charge in [-0.1, -0.05) is 65.5 Å². The summed E-state index contributed by atoms with van der Waals surface area (Å²) in [5.74, 6) is 6.47. The first-order chi connectivity index (χ1) is 7.81. The van der Waals surface area contributed by atoms with Gasteiger partial charge in [-0.3, -0.25) is 0 Å². The van der Waals surface area contributed by atoms with Crippen LogP contribution in [0.1, 0.15) is 62.3 Å². The Bertz CT molecular complexity index is 373. The minimum atomic E-state index is 0.0627. The molecule has 0 aromatic heterocycles. The fourth-order valence-electron chi connectivity index (χ4n) is 1.18. The first-order valence-corrected chi connectivity index (χ1v) is 6.74. The Balaban J connectivity index is 5.21. The summed E-state index contributed by atoms with van der Waals surface area (Å²) < 4.78 is 0. The van der Waals surface area contributed by atoms with Gasteiger partial charge in [-0.2, -0.15) is 0 Å². The Morgan fingerprint density at radius 2 is 1.33 bits per heavy atom. The minimum absolute atomic E-state index is 0.0627. The van der Waals surface area contributed by atoms with E-state index in [1.54, 1.807) is 0 Å². The lowest BCUT2D eigenvalue weighted by molar-refractivity contribution is 0.509. The highest BCUT2D eigenvalue weighted by Crippen LogP contribution is 2.28. The van der Waals surface area contributed by atoms with Crippen molar-refractivity contribution in [2.45, 2.75) is 62.3 Å². The lowest BCUT2D eigenvalue weighted by atomic mass is 9.84. The lowest BCUT2D eigenvalue weighted by Gasteiger charge is -2.21. The molecule has 0 aliphatic carbocycles. The molecule has 0 aliphatic heterocycles. The number of allylic oxidation sites excluding steroid dienone is 4. The fraction of sp³-hybridized carbons (Fsp3) is 0.667. The summed E-state index contributed by atoms with van der Waals surface area (Å²) in [5.41, 5.74) is 1.69. The van der Waals surface area contributed by atoms with E-state index in [1.807, 2.05) is 0 Å². The topological polar surface area (TPSA) is 0 Å². The second-order valence-electron chi connectivity index (χ2n) is 8.07. The van der Waals surface area contributed by atoms with E-state index in [0.29, 0.717) is 0 Å². The Labute approximate surface area is 115 Å². The van der Waals surface area contributed by atoms with Crippen molar-refractivity contribution in [1.29, 1.82) is 0 Å². The summed E-state index contributed by atoms with van der Waals surface area (Å²) in [4.78, 5) is 0. The predicted octanol–water partition coefficient (Wildman–Crippen LogP) is 5.61. The summed E-state index contributed by atoms with van der Waals surface area (Å²) in [6, 6.07) is 0. The van der Waals surface area contributed by atoms with E-state index < -0.39 is 0 Å². The molecule has 0 N–H and O–H groups in total. The maximum atomic E-state index is 3.26. The van der Waals surface area contributed by atoms with Gasteiger partial charge in [-0.25, -0.2) is 0 Å². The summed E-state index contributed by atoms with van der Waals surface area (Å²) in [6.45, 7) is 19.7. The molecule has 0 unspecified atom stereocenters. The van der Waals surface area contributed by atoms with Crippen molar-refractivity contribution >= 4 is 0 Å². The van der Waals surface area contributed by atoms with E-state index in [4.69, 9.17) is 0 Å². The average Bonchev–Trinajstić information content (AvgIpc) is 2.04. The van der Waals surface area contributed by atoms with Crippen molar-refractivity contribution < 1.29 is 0 Å². The standard InChI is InChI=1S/C18H30/c1-16(2,3)13-10-11-15(18(7,8)9)12-14-17(4,5)6/h11-12,14H,1-9H3/b14-12+,15-11-. The van der Waals surface area contributed by atoms with Crippen LogP contribution < -0.4 is 0 Å². The molecular formula is C18H30. The van der Waals surface area contributed by atoms with Crippen molar-refractivity contribution in [2.24, 2.45) is 16.2 Å². The van der Waals surface area contributed by atoms with Crippen LogP contribution in [0.5, 0.6) is 0 Å². The Hall–Kier alpha value is -0.960. The quantitative estimate of drug-likeness (QED) is 0.416. The molecule has 0 aromatic carbocycles. The number of rotatable bonds is 1. The van der Waals surface area contributed by atoms with Gasteiger partial charge >= 0.3 is 0 Å². The van der Waals surface area contributed by atoms with Crippen molar-refractivity contribution in [3.05, 3.63) is 23.8 Å². The molecule has 0 atom stereocenters. The minimum Gasteiger partial charge on any atom is -0.0926 e.